The SMILES string of the molecule is CC(C)(C)OC(=O)N1CCC2(CCN([C@H](C(=O)O)C3CCCC3)C2=O)C1. The number of hydrogen-bond donors (Lipinski definition) is 1. The van der Waals surface area contributed by atoms with E-state index < -0.39 is 29.1 Å². The van der Waals surface area contributed by atoms with Crippen LogP contribution in [0.25, 0.3) is 0 Å². The van der Waals surface area contributed by atoms with Gasteiger partial charge in [-0.15, -0.1) is 0 Å². The highest BCUT2D eigenvalue weighted by atomic mass is 16.6. The lowest BCUT2D eigenvalue weighted by molar-refractivity contribution is -0.153. The number of hydrogen-bond acceptors (Lipinski definition) is 4. The van der Waals surface area contributed by atoms with Crippen molar-refractivity contribution in [3.8, 4) is 0 Å². The van der Waals surface area contributed by atoms with Gasteiger partial charge in [0.05, 0.1) is 5.41 Å². The number of carboxylic acid groups (broad SMARTS) is 1. The summed E-state index contributed by atoms with van der Waals surface area (Å²) in [5.41, 5.74) is -1.21. The van der Waals surface area contributed by atoms with E-state index in [1.54, 1.807) is 9.80 Å². The molecule has 1 N–H and O–H groups in total. The fourth-order valence-corrected chi connectivity index (χ4v) is 4.71. The molecule has 7 heteroatoms. The van der Waals surface area contributed by atoms with Gasteiger partial charge < -0.3 is 19.6 Å². The van der Waals surface area contributed by atoms with Crippen molar-refractivity contribution in [2.24, 2.45) is 11.3 Å². The summed E-state index contributed by atoms with van der Waals surface area (Å²) in [5, 5.41) is 9.73. The first-order valence-electron chi connectivity index (χ1n) is 9.65. The topological polar surface area (TPSA) is 87.2 Å². The van der Waals surface area contributed by atoms with Crippen LogP contribution in [0.3, 0.4) is 0 Å². The van der Waals surface area contributed by atoms with Gasteiger partial charge in [0.15, 0.2) is 0 Å². The predicted molar refractivity (Wildman–Crippen MR) is 94.6 cm³/mol. The fourth-order valence-electron chi connectivity index (χ4n) is 4.71. The Hall–Kier alpha value is -1.79. The van der Waals surface area contributed by atoms with Crippen molar-refractivity contribution in [2.45, 2.75) is 70.9 Å². The number of carbonyl (C=O) groups excluding carboxylic acids is 2. The molecule has 2 atom stereocenters. The number of likely N-dealkylation sites (tertiary alicyclic amines) is 2. The molecule has 146 valence electrons. The van der Waals surface area contributed by atoms with Gasteiger partial charge in [0.25, 0.3) is 0 Å². The van der Waals surface area contributed by atoms with E-state index in [1.165, 1.54) is 0 Å². The Morgan fingerprint density at radius 3 is 2.38 bits per heavy atom. The molecular formula is C19H30N2O5. The molecule has 0 bridgehead atoms. The lowest BCUT2D eigenvalue weighted by Crippen LogP contribution is -2.49. The van der Waals surface area contributed by atoms with Gasteiger partial charge in [0.2, 0.25) is 5.91 Å². The lowest BCUT2D eigenvalue weighted by Gasteiger charge is -2.31. The summed E-state index contributed by atoms with van der Waals surface area (Å²) < 4.78 is 5.42. The summed E-state index contributed by atoms with van der Waals surface area (Å²) in [7, 11) is 0. The van der Waals surface area contributed by atoms with E-state index in [4.69, 9.17) is 4.74 Å². The third-order valence-electron chi connectivity index (χ3n) is 5.99. The van der Waals surface area contributed by atoms with Gasteiger partial charge >= 0.3 is 12.1 Å². The number of carbonyl (C=O) groups is 3. The summed E-state index contributed by atoms with van der Waals surface area (Å²) in [6.45, 7) is 6.73. The smallest absolute Gasteiger partial charge is 0.410 e. The molecule has 1 saturated carbocycles. The van der Waals surface area contributed by atoms with Crippen LogP contribution in [0.2, 0.25) is 0 Å². The monoisotopic (exact) mass is 366 g/mol. The number of ether oxygens (including phenoxy) is 1. The fraction of sp³-hybridized carbons (Fsp3) is 0.842. The molecule has 3 fully saturated rings. The van der Waals surface area contributed by atoms with Crippen LogP contribution in [0.5, 0.6) is 0 Å². The minimum absolute atomic E-state index is 0.0509. The molecule has 3 rings (SSSR count). The normalized spacial score (nSPS) is 28.2. The zero-order valence-electron chi connectivity index (χ0n) is 16.0. The van der Waals surface area contributed by atoms with E-state index in [9.17, 15) is 19.5 Å². The van der Waals surface area contributed by atoms with Gasteiger partial charge in [-0.3, -0.25) is 4.79 Å². The highest BCUT2D eigenvalue weighted by Crippen LogP contribution is 2.43. The van der Waals surface area contributed by atoms with Crippen LogP contribution in [0.15, 0.2) is 0 Å². The highest BCUT2D eigenvalue weighted by Gasteiger charge is 2.55. The predicted octanol–water partition coefficient (Wildman–Crippen LogP) is 2.49. The van der Waals surface area contributed by atoms with Crippen LogP contribution >= 0.6 is 0 Å². The second-order valence-corrected chi connectivity index (χ2v) is 9.01. The zero-order valence-corrected chi connectivity index (χ0v) is 16.0. The number of rotatable bonds is 3. The first-order valence-corrected chi connectivity index (χ1v) is 9.65. The van der Waals surface area contributed by atoms with Gasteiger partial charge in [-0.1, -0.05) is 12.8 Å². The van der Waals surface area contributed by atoms with E-state index in [-0.39, 0.29) is 11.8 Å². The third kappa shape index (κ3) is 3.53. The summed E-state index contributed by atoms with van der Waals surface area (Å²) >= 11 is 0. The molecule has 2 saturated heterocycles. The summed E-state index contributed by atoms with van der Waals surface area (Å²) in [4.78, 5) is 40.5. The number of aliphatic carboxylic acids is 1. The maximum absolute atomic E-state index is 13.2. The number of nitrogens with zero attached hydrogens (tertiary/aromatic N) is 2. The Morgan fingerprint density at radius 2 is 1.81 bits per heavy atom. The lowest BCUT2D eigenvalue weighted by atomic mass is 9.85. The van der Waals surface area contributed by atoms with E-state index in [1.807, 2.05) is 20.8 Å². The molecule has 3 aliphatic rings. The second kappa shape index (κ2) is 6.74. The van der Waals surface area contributed by atoms with Gasteiger partial charge in [-0.25, -0.2) is 9.59 Å². The highest BCUT2D eigenvalue weighted by molar-refractivity contribution is 5.90. The molecule has 0 radical (unpaired) electrons. The summed E-state index contributed by atoms with van der Waals surface area (Å²) in [6.07, 6.45) is 4.61. The van der Waals surface area contributed by atoms with Crippen LogP contribution in [-0.2, 0) is 14.3 Å². The summed E-state index contributed by atoms with van der Waals surface area (Å²) in [6, 6.07) is -0.722. The van der Waals surface area contributed by atoms with Crippen LogP contribution in [-0.4, -0.2) is 64.2 Å². The van der Waals surface area contributed by atoms with E-state index in [2.05, 4.69) is 0 Å². The second-order valence-electron chi connectivity index (χ2n) is 9.01. The molecule has 7 nitrogen and oxygen atoms in total. The van der Waals surface area contributed by atoms with Crippen LogP contribution in [0.1, 0.15) is 59.3 Å². The standard InChI is InChI=1S/C19H30N2O5/c1-18(2,3)26-17(25)20-10-8-19(12-20)9-11-21(16(19)24)14(15(22)23)13-6-4-5-7-13/h13-14H,4-12H2,1-3H3,(H,22,23)/t14-,19?/m0/s1. The molecule has 1 spiro atoms. The maximum atomic E-state index is 13.2. The average molecular weight is 366 g/mol. The molecule has 0 aromatic carbocycles. The number of amides is 2. The Kier molecular flexibility index (Phi) is 4.92. The Morgan fingerprint density at radius 1 is 1.19 bits per heavy atom. The molecular weight excluding hydrogens is 336 g/mol. The quantitative estimate of drug-likeness (QED) is 0.829. The Bertz CT molecular complexity index is 593. The van der Waals surface area contributed by atoms with Crippen molar-refractivity contribution < 1.29 is 24.2 Å². The molecule has 1 aliphatic carbocycles. The van der Waals surface area contributed by atoms with Gasteiger partial charge in [-0.2, -0.15) is 0 Å². The first-order chi connectivity index (χ1) is 12.1. The van der Waals surface area contributed by atoms with Crippen LogP contribution < -0.4 is 0 Å². The first kappa shape index (κ1) is 19.0. The minimum atomic E-state index is -0.899. The minimum Gasteiger partial charge on any atom is -0.480 e. The van der Waals surface area contributed by atoms with Crippen molar-refractivity contribution in [1.82, 2.24) is 9.80 Å². The van der Waals surface area contributed by atoms with Crippen molar-refractivity contribution in [3.63, 3.8) is 0 Å². The van der Waals surface area contributed by atoms with Gasteiger partial charge in [0.1, 0.15) is 11.6 Å². The Labute approximate surface area is 154 Å². The van der Waals surface area contributed by atoms with E-state index in [0.717, 1.165) is 25.7 Å². The molecule has 26 heavy (non-hydrogen) atoms. The molecule has 1 unspecified atom stereocenters. The van der Waals surface area contributed by atoms with Crippen molar-refractivity contribution >= 4 is 18.0 Å². The van der Waals surface area contributed by atoms with Crippen LogP contribution in [0, 0.1) is 11.3 Å². The van der Waals surface area contributed by atoms with E-state index >= 15 is 0 Å². The van der Waals surface area contributed by atoms with Gasteiger partial charge in [0, 0.05) is 19.6 Å². The van der Waals surface area contributed by atoms with Crippen LogP contribution in [0.4, 0.5) is 4.79 Å². The average Bonchev–Trinajstić information content (AvgIpc) is 3.24. The number of carboxylic acids is 1. The molecule has 2 heterocycles. The third-order valence-corrected chi connectivity index (χ3v) is 5.99. The summed E-state index contributed by atoms with van der Waals surface area (Å²) in [5.74, 6) is -0.942. The molecule has 0 aromatic heterocycles. The Balaban J connectivity index is 1.70. The zero-order chi connectivity index (χ0) is 19.1. The molecule has 2 amide bonds. The molecule has 2 aliphatic heterocycles. The molecule has 0 aromatic rings. The van der Waals surface area contributed by atoms with Crippen molar-refractivity contribution in [1.29, 1.82) is 0 Å². The van der Waals surface area contributed by atoms with Gasteiger partial charge in [-0.05, 0) is 52.4 Å². The van der Waals surface area contributed by atoms with E-state index in [0.29, 0.717) is 32.5 Å². The van der Waals surface area contributed by atoms with Crippen molar-refractivity contribution in [2.75, 3.05) is 19.6 Å². The largest absolute Gasteiger partial charge is 0.480 e. The van der Waals surface area contributed by atoms with Crippen molar-refractivity contribution in [3.05, 3.63) is 0 Å². The maximum Gasteiger partial charge on any atom is 0.410 e.